The van der Waals surface area contributed by atoms with Crippen LogP contribution >= 0.6 is 0 Å². The van der Waals surface area contributed by atoms with Crippen LogP contribution in [-0.2, 0) is 4.79 Å². The van der Waals surface area contributed by atoms with Gasteiger partial charge in [0.25, 0.3) is 0 Å². The first-order valence-electron chi connectivity index (χ1n) is 9.19. The van der Waals surface area contributed by atoms with Crippen molar-refractivity contribution in [3.8, 4) is 0 Å². The number of hydrogen-bond donors (Lipinski definition) is 2. The Kier molecular flexibility index (Phi) is 7.01. The van der Waals surface area contributed by atoms with Gasteiger partial charge in [-0.15, -0.1) is 0 Å². The van der Waals surface area contributed by atoms with E-state index in [9.17, 15) is 4.79 Å². The predicted octanol–water partition coefficient (Wildman–Crippen LogP) is 3.62. The summed E-state index contributed by atoms with van der Waals surface area (Å²) in [6, 6.07) is 0.410. The highest BCUT2D eigenvalue weighted by molar-refractivity contribution is 5.75. The van der Waals surface area contributed by atoms with E-state index in [1.54, 1.807) is 0 Å². The first-order valence-corrected chi connectivity index (χ1v) is 9.19. The van der Waals surface area contributed by atoms with E-state index < -0.39 is 0 Å². The van der Waals surface area contributed by atoms with Crippen molar-refractivity contribution in [3.05, 3.63) is 0 Å². The summed E-state index contributed by atoms with van der Waals surface area (Å²) in [5, 5.41) is 3.17. The van der Waals surface area contributed by atoms with Gasteiger partial charge in [-0.1, -0.05) is 26.2 Å². The molecule has 0 unspecified atom stereocenters. The summed E-state index contributed by atoms with van der Waals surface area (Å²) in [4.78, 5) is 12.0. The standard InChI is InChI=1S/C18H34N2O/c1-2-14-3-5-16(6-4-14)13-20-18(21)12-9-15-7-10-17(19)11-8-15/h14-17H,2-13,19H2,1H3,(H,20,21). The topological polar surface area (TPSA) is 55.1 Å². The number of nitrogens with two attached hydrogens (primary N) is 1. The fraction of sp³-hybridized carbons (Fsp3) is 0.944. The second-order valence-corrected chi connectivity index (χ2v) is 7.42. The maximum absolute atomic E-state index is 12.0. The van der Waals surface area contributed by atoms with E-state index in [-0.39, 0.29) is 5.91 Å². The monoisotopic (exact) mass is 294 g/mol. The van der Waals surface area contributed by atoms with Crippen LogP contribution in [0.1, 0.15) is 77.6 Å². The highest BCUT2D eigenvalue weighted by atomic mass is 16.1. The number of nitrogens with one attached hydrogen (secondary N) is 1. The fourth-order valence-electron chi connectivity index (χ4n) is 4.00. The second-order valence-electron chi connectivity index (χ2n) is 7.42. The van der Waals surface area contributed by atoms with Crippen LogP contribution < -0.4 is 11.1 Å². The van der Waals surface area contributed by atoms with Crippen LogP contribution in [-0.4, -0.2) is 18.5 Å². The smallest absolute Gasteiger partial charge is 0.220 e. The highest BCUT2D eigenvalue weighted by Crippen LogP contribution is 2.30. The summed E-state index contributed by atoms with van der Waals surface area (Å²) in [7, 11) is 0. The van der Waals surface area contributed by atoms with Gasteiger partial charge in [-0.25, -0.2) is 0 Å². The zero-order valence-corrected chi connectivity index (χ0v) is 13.8. The largest absolute Gasteiger partial charge is 0.356 e. The van der Waals surface area contributed by atoms with Crippen molar-refractivity contribution in [2.45, 2.75) is 83.6 Å². The van der Waals surface area contributed by atoms with E-state index in [4.69, 9.17) is 5.73 Å². The number of rotatable bonds is 6. The van der Waals surface area contributed by atoms with Gasteiger partial charge in [-0.3, -0.25) is 4.79 Å². The van der Waals surface area contributed by atoms with Crippen LogP contribution in [0.4, 0.5) is 0 Å². The molecule has 3 N–H and O–H groups in total. The van der Waals surface area contributed by atoms with Crippen LogP contribution in [0.5, 0.6) is 0 Å². The molecule has 21 heavy (non-hydrogen) atoms. The molecule has 0 aliphatic heterocycles. The molecule has 0 atom stereocenters. The number of amides is 1. The summed E-state index contributed by atoms with van der Waals surface area (Å²) in [5.41, 5.74) is 5.92. The lowest BCUT2D eigenvalue weighted by molar-refractivity contribution is -0.121. The summed E-state index contributed by atoms with van der Waals surface area (Å²) in [6.45, 7) is 3.20. The Morgan fingerprint density at radius 3 is 2.14 bits per heavy atom. The lowest BCUT2D eigenvalue weighted by Gasteiger charge is -2.28. The van der Waals surface area contributed by atoms with Crippen LogP contribution in [0.2, 0.25) is 0 Å². The zero-order valence-electron chi connectivity index (χ0n) is 13.8. The molecule has 0 aromatic heterocycles. The fourth-order valence-corrected chi connectivity index (χ4v) is 4.00. The second kappa shape index (κ2) is 8.77. The Bertz CT molecular complexity index is 302. The molecule has 0 spiro atoms. The van der Waals surface area contributed by atoms with Crippen LogP contribution in [0.25, 0.3) is 0 Å². The predicted molar refractivity (Wildman–Crippen MR) is 87.9 cm³/mol. The lowest BCUT2D eigenvalue weighted by atomic mass is 9.81. The van der Waals surface area contributed by atoms with Crippen molar-refractivity contribution in [3.63, 3.8) is 0 Å². The van der Waals surface area contributed by atoms with Crippen LogP contribution in [0.3, 0.4) is 0 Å². The molecule has 0 saturated heterocycles. The molecule has 2 aliphatic carbocycles. The van der Waals surface area contributed by atoms with Gasteiger partial charge < -0.3 is 11.1 Å². The maximum Gasteiger partial charge on any atom is 0.220 e. The van der Waals surface area contributed by atoms with Crippen LogP contribution in [0.15, 0.2) is 0 Å². The highest BCUT2D eigenvalue weighted by Gasteiger charge is 2.21. The van der Waals surface area contributed by atoms with Gasteiger partial charge in [-0.2, -0.15) is 0 Å². The molecule has 2 aliphatic rings. The average Bonchev–Trinajstić information content (AvgIpc) is 2.53. The molecule has 1 amide bonds. The molecular weight excluding hydrogens is 260 g/mol. The molecule has 122 valence electrons. The van der Waals surface area contributed by atoms with Crippen molar-refractivity contribution >= 4 is 5.91 Å². The Morgan fingerprint density at radius 1 is 0.952 bits per heavy atom. The minimum atomic E-state index is 0.266. The summed E-state index contributed by atoms with van der Waals surface area (Å²) < 4.78 is 0. The van der Waals surface area contributed by atoms with Crippen molar-refractivity contribution in [1.82, 2.24) is 5.32 Å². The third-order valence-corrected chi connectivity index (χ3v) is 5.80. The Hall–Kier alpha value is -0.570. The van der Waals surface area contributed by atoms with Gasteiger partial charge in [0.15, 0.2) is 0 Å². The number of carbonyl (C=O) groups is 1. The quantitative estimate of drug-likeness (QED) is 0.786. The van der Waals surface area contributed by atoms with E-state index >= 15 is 0 Å². The van der Waals surface area contributed by atoms with Crippen molar-refractivity contribution in [1.29, 1.82) is 0 Å². The van der Waals surface area contributed by atoms with E-state index in [0.29, 0.717) is 12.5 Å². The van der Waals surface area contributed by atoms with E-state index in [1.807, 2.05) is 0 Å². The van der Waals surface area contributed by atoms with Gasteiger partial charge in [0.05, 0.1) is 0 Å². The van der Waals surface area contributed by atoms with Crippen molar-refractivity contribution in [2.24, 2.45) is 23.5 Å². The molecule has 0 bridgehead atoms. The Labute approximate surface area is 130 Å². The molecule has 0 heterocycles. The average molecular weight is 294 g/mol. The van der Waals surface area contributed by atoms with Gasteiger partial charge in [0.1, 0.15) is 0 Å². The van der Waals surface area contributed by atoms with E-state index in [2.05, 4.69) is 12.2 Å². The first kappa shape index (κ1) is 16.8. The number of hydrogen-bond acceptors (Lipinski definition) is 2. The van der Waals surface area contributed by atoms with Gasteiger partial charge in [0, 0.05) is 19.0 Å². The molecule has 0 aromatic rings. The SMILES string of the molecule is CCC1CCC(CNC(=O)CCC2CCC(N)CC2)CC1. The van der Waals surface area contributed by atoms with Crippen molar-refractivity contribution in [2.75, 3.05) is 6.54 Å². The zero-order chi connectivity index (χ0) is 15.1. The van der Waals surface area contributed by atoms with Gasteiger partial charge in [0.2, 0.25) is 5.91 Å². The summed E-state index contributed by atoms with van der Waals surface area (Å²) in [5.74, 6) is 2.66. The molecule has 3 heteroatoms. The third kappa shape index (κ3) is 5.98. The molecule has 2 fully saturated rings. The summed E-state index contributed by atoms with van der Waals surface area (Å²) in [6.07, 6.45) is 13.2. The molecule has 0 aromatic carbocycles. The van der Waals surface area contributed by atoms with Crippen molar-refractivity contribution < 1.29 is 4.79 Å². The molecular formula is C18H34N2O. The maximum atomic E-state index is 12.0. The van der Waals surface area contributed by atoms with E-state index in [0.717, 1.165) is 43.6 Å². The Morgan fingerprint density at radius 2 is 1.52 bits per heavy atom. The summed E-state index contributed by atoms with van der Waals surface area (Å²) >= 11 is 0. The van der Waals surface area contributed by atoms with E-state index in [1.165, 1.54) is 44.9 Å². The normalized spacial score (nSPS) is 33.6. The van der Waals surface area contributed by atoms with Gasteiger partial charge in [-0.05, 0) is 62.7 Å². The third-order valence-electron chi connectivity index (χ3n) is 5.80. The van der Waals surface area contributed by atoms with Crippen LogP contribution in [0, 0.1) is 17.8 Å². The molecule has 2 rings (SSSR count). The lowest BCUT2D eigenvalue weighted by Crippen LogP contribution is -2.32. The minimum absolute atomic E-state index is 0.266. The first-order chi connectivity index (χ1) is 10.2. The Balaban J connectivity index is 1.53. The molecule has 2 saturated carbocycles. The number of carbonyl (C=O) groups excluding carboxylic acids is 1. The minimum Gasteiger partial charge on any atom is -0.356 e. The molecule has 3 nitrogen and oxygen atoms in total. The van der Waals surface area contributed by atoms with Gasteiger partial charge >= 0.3 is 0 Å². The molecule has 0 radical (unpaired) electrons.